The van der Waals surface area contributed by atoms with Crippen LogP contribution in [0.25, 0.3) is 0 Å². The molecule has 1 atom stereocenters. The van der Waals surface area contributed by atoms with E-state index in [9.17, 15) is 4.79 Å². The van der Waals surface area contributed by atoms with Gasteiger partial charge in [0.25, 0.3) is 0 Å². The van der Waals surface area contributed by atoms with Crippen LogP contribution in [0.2, 0.25) is 0 Å². The lowest BCUT2D eigenvalue weighted by Crippen LogP contribution is -2.23. The predicted molar refractivity (Wildman–Crippen MR) is 67.7 cm³/mol. The minimum absolute atomic E-state index is 0.0266. The van der Waals surface area contributed by atoms with E-state index in [0.29, 0.717) is 13.1 Å². The summed E-state index contributed by atoms with van der Waals surface area (Å²) in [5, 5.41) is 21.4. The summed E-state index contributed by atoms with van der Waals surface area (Å²) in [6, 6.07) is 4.39. The minimum atomic E-state index is -1.05. The third kappa shape index (κ3) is 3.14. The fourth-order valence-corrected chi connectivity index (χ4v) is 2.30. The summed E-state index contributed by atoms with van der Waals surface area (Å²) in [6.07, 6.45) is 1.43. The lowest BCUT2D eigenvalue weighted by molar-refractivity contribution is 0.0690. The molecule has 0 fully saturated rings. The van der Waals surface area contributed by atoms with Crippen LogP contribution in [0.4, 0.5) is 0 Å². The Balaban J connectivity index is 1.79. The molecule has 0 spiro atoms. The van der Waals surface area contributed by atoms with Gasteiger partial charge in [0.15, 0.2) is 5.69 Å². The summed E-state index contributed by atoms with van der Waals surface area (Å²) in [5.74, 6) is -1.05. The summed E-state index contributed by atoms with van der Waals surface area (Å²) in [7, 11) is 0. The largest absolute Gasteiger partial charge is 0.476 e. The normalized spacial score (nSPS) is 12.5. The van der Waals surface area contributed by atoms with Gasteiger partial charge in [-0.1, -0.05) is 11.3 Å². The summed E-state index contributed by atoms with van der Waals surface area (Å²) in [6.45, 7) is 3.40. The average Bonchev–Trinajstić information content (AvgIpc) is 3.00. The average molecular weight is 266 g/mol. The monoisotopic (exact) mass is 266 g/mol. The molecule has 18 heavy (non-hydrogen) atoms. The highest BCUT2D eigenvalue weighted by atomic mass is 32.1. The Hall–Kier alpha value is -1.73. The first-order valence-corrected chi connectivity index (χ1v) is 6.45. The quantitative estimate of drug-likeness (QED) is 0.826. The number of hydrogen-bond donors (Lipinski definition) is 2. The standard InChI is InChI=1S/C11H14N4O2S/c1-8(10-3-2-6-18-10)12-4-5-15-7-9(11(16)17)13-14-15/h2-3,6-8,12H,4-5H2,1H3,(H,16,17)/t8-/m0/s1. The first kappa shape index (κ1) is 12.7. The molecule has 0 saturated carbocycles. The number of carboxylic acid groups (broad SMARTS) is 1. The van der Waals surface area contributed by atoms with Crippen LogP contribution in [-0.4, -0.2) is 32.6 Å². The zero-order valence-corrected chi connectivity index (χ0v) is 10.7. The van der Waals surface area contributed by atoms with Crippen molar-refractivity contribution in [3.8, 4) is 0 Å². The van der Waals surface area contributed by atoms with Gasteiger partial charge in [-0.05, 0) is 18.4 Å². The molecular weight excluding hydrogens is 252 g/mol. The van der Waals surface area contributed by atoms with Gasteiger partial charge in [0.2, 0.25) is 0 Å². The second kappa shape index (κ2) is 5.74. The smallest absolute Gasteiger partial charge is 0.358 e. The molecule has 2 N–H and O–H groups in total. The van der Waals surface area contributed by atoms with Crippen molar-refractivity contribution in [2.45, 2.75) is 19.5 Å². The van der Waals surface area contributed by atoms with Gasteiger partial charge in [0.1, 0.15) is 0 Å². The minimum Gasteiger partial charge on any atom is -0.476 e. The van der Waals surface area contributed by atoms with Crippen molar-refractivity contribution in [1.82, 2.24) is 20.3 Å². The Kier molecular flexibility index (Phi) is 4.06. The Labute approximate surface area is 108 Å². The second-order valence-corrected chi connectivity index (χ2v) is 4.84. The van der Waals surface area contributed by atoms with Crippen molar-refractivity contribution in [1.29, 1.82) is 0 Å². The van der Waals surface area contributed by atoms with E-state index in [2.05, 4.69) is 28.6 Å². The van der Waals surface area contributed by atoms with E-state index in [4.69, 9.17) is 5.11 Å². The fourth-order valence-electron chi connectivity index (χ4n) is 1.54. The molecule has 0 aromatic carbocycles. The highest BCUT2D eigenvalue weighted by Crippen LogP contribution is 2.17. The van der Waals surface area contributed by atoms with E-state index in [0.717, 1.165) is 0 Å². The molecule has 7 heteroatoms. The molecule has 0 aliphatic carbocycles. The molecule has 0 amide bonds. The molecule has 96 valence electrons. The number of carboxylic acids is 1. The molecule has 0 aliphatic heterocycles. The van der Waals surface area contributed by atoms with Gasteiger partial charge >= 0.3 is 5.97 Å². The zero-order valence-electron chi connectivity index (χ0n) is 9.91. The third-order valence-electron chi connectivity index (χ3n) is 2.52. The van der Waals surface area contributed by atoms with Crippen molar-refractivity contribution < 1.29 is 9.90 Å². The van der Waals surface area contributed by atoms with Crippen LogP contribution in [0.1, 0.15) is 28.3 Å². The zero-order chi connectivity index (χ0) is 13.0. The Bertz CT molecular complexity index is 509. The van der Waals surface area contributed by atoms with Gasteiger partial charge in [-0.15, -0.1) is 16.4 Å². The van der Waals surface area contributed by atoms with Gasteiger partial charge < -0.3 is 10.4 Å². The number of rotatable bonds is 6. The van der Waals surface area contributed by atoms with Crippen LogP contribution in [0.15, 0.2) is 23.7 Å². The van der Waals surface area contributed by atoms with E-state index >= 15 is 0 Å². The van der Waals surface area contributed by atoms with E-state index in [1.54, 1.807) is 11.3 Å². The summed E-state index contributed by atoms with van der Waals surface area (Å²) in [5.41, 5.74) is -0.0266. The van der Waals surface area contributed by atoms with Gasteiger partial charge in [-0.2, -0.15) is 0 Å². The van der Waals surface area contributed by atoms with Crippen LogP contribution in [0.5, 0.6) is 0 Å². The number of hydrogen-bond acceptors (Lipinski definition) is 5. The van der Waals surface area contributed by atoms with E-state index in [-0.39, 0.29) is 11.7 Å². The molecule has 2 aromatic heterocycles. The summed E-state index contributed by atoms with van der Waals surface area (Å²) in [4.78, 5) is 11.9. The van der Waals surface area contributed by atoms with Crippen molar-refractivity contribution in [3.05, 3.63) is 34.3 Å². The molecule has 6 nitrogen and oxygen atoms in total. The molecular formula is C11H14N4O2S. The number of nitrogens with zero attached hydrogens (tertiary/aromatic N) is 3. The van der Waals surface area contributed by atoms with Crippen LogP contribution in [0.3, 0.4) is 0 Å². The van der Waals surface area contributed by atoms with E-state index in [1.807, 2.05) is 11.4 Å². The van der Waals surface area contributed by atoms with Crippen molar-refractivity contribution in [2.75, 3.05) is 6.54 Å². The van der Waals surface area contributed by atoms with Crippen molar-refractivity contribution in [2.24, 2.45) is 0 Å². The first-order valence-electron chi connectivity index (χ1n) is 5.57. The molecule has 0 bridgehead atoms. The lowest BCUT2D eigenvalue weighted by atomic mass is 10.3. The van der Waals surface area contributed by atoms with E-state index in [1.165, 1.54) is 15.8 Å². The maximum Gasteiger partial charge on any atom is 0.358 e. The summed E-state index contributed by atoms with van der Waals surface area (Å²) >= 11 is 1.71. The molecule has 0 saturated heterocycles. The van der Waals surface area contributed by atoms with Gasteiger partial charge in [0.05, 0.1) is 12.7 Å². The molecule has 0 unspecified atom stereocenters. The molecule has 2 rings (SSSR count). The number of aromatic carboxylic acids is 1. The Morgan fingerprint density at radius 1 is 1.67 bits per heavy atom. The van der Waals surface area contributed by atoms with Crippen LogP contribution in [-0.2, 0) is 6.54 Å². The number of aromatic nitrogens is 3. The maximum absolute atomic E-state index is 10.6. The lowest BCUT2D eigenvalue weighted by Gasteiger charge is -2.11. The fraction of sp³-hybridized carbons (Fsp3) is 0.364. The molecule has 2 heterocycles. The van der Waals surface area contributed by atoms with Gasteiger partial charge in [-0.3, -0.25) is 4.68 Å². The third-order valence-corrected chi connectivity index (χ3v) is 3.57. The highest BCUT2D eigenvalue weighted by Gasteiger charge is 2.08. The summed E-state index contributed by atoms with van der Waals surface area (Å²) < 4.78 is 1.53. The second-order valence-electron chi connectivity index (χ2n) is 3.86. The number of nitrogens with one attached hydrogen (secondary N) is 1. The van der Waals surface area contributed by atoms with Crippen molar-refractivity contribution >= 4 is 17.3 Å². The van der Waals surface area contributed by atoms with Crippen LogP contribution >= 0.6 is 11.3 Å². The number of thiophene rings is 1. The molecule has 0 radical (unpaired) electrons. The number of carbonyl (C=O) groups is 1. The SMILES string of the molecule is C[C@H](NCCn1cc(C(=O)O)nn1)c1cccs1. The van der Waals surface area contributed by atoms with Gasteiger partial charge in [0, 0.05) is 17.5 Å². The maximum atomic E-state index is 10.6. The molecule has 2 aromatic rings. The highest BCUT2D eigenvalue weighted by molar-refractivity contribution is 7.10. The van der Waals surface area contributed by atoms with Crippen LogP contribution < -0.4 is 5.32 Å². The Morgan fingerprint density at radius 2 is 2.50 bits per heavy atom. The first-order chi connectivity index (χ1) is 8.66. The van der Waals surface area contributed by atoms with Crippen LogP contribution in [0, 0.1) is 0 Å². The molecule has 0 aliphatic rings. The van der Waals surface area contributed by atoms with Gasteiger partial charge in [-0.25, -0.2) is 4.79 Å². The Morgan fingerprint density at radius 3 is 3.11 bits per heavy atom. The van der Waals surface area contributed by atoms with Crippen molar-refractivity contribution in [3.63, 3.8) is 0 Å². The van der Waals surface area contributed by atoms with E-state index < -0.39 is 5.97 Å². The predicted octanol–water partition coefficient (Wildman–Crippen LogP) is 1.39. The topological polar surface area (TPSA) is 80.0 Å².